The Bertz CT molecular complexity index is 505. The first-order chi connectivity index (χ1) is 9.63. The molecule has 0 radical (unpaired) electrons. The van der Waals surface area contributed by atoms with Gasteiger partial charge in [-0.25, -0.2) is 0 Å². The highest BCUT2D eigenvalue weighted by molar-refractivity contribution is 9.10. The van der Waals surface area contributed by atoms with E-state index in [4.69, 9.17) is 11.1 Å². The number of piperazine rings is 1. The van der Waals surface area contributed by atoms with E-state index in [0.29, 0.717) is 0 Å². The van der Waals surface area contributed by atoms with Gasteiger partial charge in [0.25, 0.3) is 0 Å². The predicted octanol–water partition coefficient (Wildman–Crippen LogP) is 2.27. The SMILES string of the molecule is N=C(N)c1ccc(N2CCN(CC3CC3)CC2)c(Br)c1. The van der Waals surface area contributed by atoms with E-state index >= 15 is 0 Å². The Labute approximate surface area is 128 Å². The minimum Gasteiger partial charge on any atom is -0.384 e. The molecule has 1 aromatic rings. The molecular formula is C15H21BrN4. The molecule has 0 spiro atoms. The Morgan fingerprint density at radius 2 is 1.95 bits per heavy atom. The number of halogens is 1. The Morgan fingerprint density at radius 3 is 2.50 bits per heavy atom. The van der Waals surface area contributed by atoms with Crippen LogP contribution in [0.3, 0.4) is 0 Å². The van der Waals surface area contributed by atoms with Gasteiger partial charge in [0.1, 0.15) is 5.84 Å². The van der Waals surface area contributed by atoms with Crippen molar-refractivity contribution < 1.29 is 0 Å². The summed E-state index contributed by atoms with van der Waals surface area (Å²) in [5, 5.41) is 7.48. The molecule has 0 aromatic heterocycles. The molecule has 108 valence electrons. The standard InChI is InChI=1S/C15H21BrN4/c16-13-9-12(15(17)18)3-4-14(13)20-7-5-19(6-8-20)10-11-1-2-11/h3-4,9,11H,1-2,5-8,10H2,(H3,17,18). The van der Waals surface area contributed by atoms with E-state index in [1.54, 1.807) is 0 Å². The van der Waals surface area contributed by atoms with Gasteiger partial charge in [0.15, 0.2) is 0 Å². The summed E-state index contributed by atoms with van der Waals surface area (Å²) in [4.78, 5) is 5.00. The summed E-state index contributed by atoms with van der Waals surface area (Å²) in [6.07, 6.45) is 2.86. The molecule has 1 aliphatic carbocycles. The minimum atomic E-state index is 0.117. The Morgan fingerprint density at radius 1 is 1.25 bits per heavy atom. The first-order valence-electron chi connectivity index (χ1n) is 7.25. The third-order valence-corrected chi connectivity index (χ3v) is 4.82. The van der Waals surface area contributed by atoms with Crippen molar-refractivity contribution in [2.45, 2.75) is 12.8 Å². The summed E-state index contributed by atoms with van der Waals surface area (Å²) < 4.78 is 1.03. The zero-order valence-electron chi connectivity index (χ0n) is 11.6. The van der Waals surface area contributed by atoms with E-state index in [9.17, 15) is 0 Å². The summed E-state index contributed by atoms with van der Waals surface area (Å²) >= 11 is 3.61. The maximum atomic E-state index is 7.48. The Hall–Kier alpha value is -1.07. The van der Waals surface area contributed by atoms with Crippen LogP contribution in [-0.4, -0.2) is 43.5 Å². The lowest BCUT2D eigenvalue weighted by Gasteiger charge is -2.36. The summed E-state index contributed by atoms with van der Waals surface area (Å²) in [5.41, 5.74) is 7.50. The normalized spacial score (nSPS) is 20.1. The molecule has 1 aliphatic heterocycles. The highest BCUT2D eigenvalue weighted by Gasteiger charge is 2.26. The van der Waals surface area contributed by atoms with Crippen LogP contribution < -0.4 is 10.6 Å². The monoisotopic (exact) mass is 336 g/mol. The molecule has 0 atom stereocenters. The number of amidine groups is 1. The van der Waals surface area contributed by atoms with Crippen LogP contribution in [0, 0.1) is 11.3 Å². The van der Waals surface area contributed by atoms with Gasteiger partial charge in [-0.15, -0.1) is 0 Å². The molecule has 1 saturated carbocycles. The van der Waals surface area contributed by atoms with Crippen LogP contribution in [0.15, 0.2) is 22.7 Å². The average molecular weight is 337 g/mol. The Balaban J connectivity index is 1.63. The molecule has 4 nitrogen and oxygen atoms in total. The number of anilines is 1. The van der Waals surface area contributed by atoms with Crippen molar-refractivity contribution in [1.29, 1.82) is 5.41 Å². The minimum absolute atomic E-state index is 0.117. The van der Waals surface area contributed by atoms with Crippen LogP contribution >= 0.6 is 15.9 Å². The van der Waals surface area contributed by atoms with Gasteiger partial charge in [0.05, 0.1) is 5.69 Å². The number of nitrogens with zero attached hydrogens (tertiary/aromatic N) is 2. The molecule has 0 amide bonds. The first-order valence-corrected chi connectivity index (χ1v) is 8.04. The van der Waals surface area contributed by atoms with Crippen LogP contribution in [0.1, 0.15) is 18.4 Å². The number of benzene rings is 1. The van der Waals surface area contributed by atoms with Crippen LogP contribution in [0.4, 0.5) is 5.69 Å². The summed E-state index contributed by atoms with van der Waals surface area (Å²) in [6.45, 7) is 5.74. The van der Waals surface area contributed by atoms with Gasteiger partial charge in [-0.1, -0.05) is 0 Å². The highest BCUT2D eigenvalue weighted by Crippen LogP contribution is 2.31. The predicted molar refractivity (Wildman–Crippen MR) is 86.5 cm³/mol. The molecular weight excluding hydrogens is 316 g/mol. The lowest BCUT2D eigenvalue weighted by atomic mass is 10.1. The van der Waals surface area contributed by atoms with Crippen molar-refractivity contribution in [2.75, 3.05) is 37.6 Å². The van der Waals surface area contributed by atoms with Crippen molar-refractivity contribution in [3.8, 4) is 0 Å². The maximum absolute atomic E-state index is 7.48. The zero-order valence-corrected chi connectivity index (χ0v) is 13.2. The van der Waals surface area contributed by atoms with Crippen molar-refractivity contribution in [1.82, 2.24) is 4.90 Å². The second-order valence-corrected chi connectivity index (χ2v) is 6.67. The quantitative estimate of drug-likeness (QED) is 0.655. The van der Waals surface area contributed by atoms with E-state index < -0.39 is 0 Å². The lowest BCUT2D eigenvalue weighted by Crippen LogP contribution is -2.47. The summed E-state index contributed by atoms with van der Waals surface area (Å²) in [6, 6.07) is 5.94. The fraction of sp³-hybridized carbons (Fsp3) is 0.533. The van der Waals surface area contributed by atoms with Gasteiger partial charge in [0, 0.05) is 42.8 Å². The second kappa shape index (κ2) is 5.74. The Kier molecular flexibility index (Phi) is 3.98. The van der Waals surface area contributed by atoms with Crippen molar-refractivity contribution in [3.05, 3.63) is 28.2 Å². The van der Waals surface area contributed by atoms with Crippen molar-refractivity contribution in [2.24, 2.45) is 11.7 Å². The van der Waals surface area contributed by atoms with Gasteiger partial charge >= 0.3 is 0 Å². The molecule has 0 bridgehead atoms. The third-order valence-electron chi connectivity index (χ3n) is 4.18. The highest BCUT2D eigenvalue weighted by atomic mass is 79.9. The third kappa shape index (κ3) is 3.15. The van der Waals surface area contributed by atoms with E-state index in [0.717, 1.165) is 42.1 Å². The topological polar surface area (TPSA) is 56.4 Å². The number of hydrogen-bond donors (Lipinski definition) is 2. The van der Waals surface area contributed by atoms with Gasteiger partial charge in [-0.2, -0.15) is 0 Å². The second-order valence-electron chi connectivity index (χ2n) is 5.81. The number of nitrogens with one attached hydrogen (secondary N) is 1. The fourth-order valence-corrected chi connectivity index (χ4v) is 3.40. The van der Waals surface area contributed by atoms with E-state index in [2.05, 4.69) is 31.8 Å². The van der Waals surface area contributed by atoms with Gasteiger partial charge in [-0.3, -0.25) is 10.3 Å². The molecule has 3 N–H and O–H groups in total. The lowest BCUT2D eigenvalue weighted by molar-refractivity contribution is 0.248. The first kappa shape index (κ1) is 13.9. The molecule has 2 aliphatic rings. The van der Waals surface area contributed by atoms with E-state index in [-0.39, 0.29) is 5.84 Å². The number of hydrogen-bond acceptors (Lipinski definition) is 3. The van der Waals surface area contributed by atoms with Gasteiger partial charge < -0.3 is 10.6 Å². The van der Waals surface area contributed by atoms with Crippen molar-refractivity contribution in [3.63, 3.8) is 0 Å². The maximum Gasteiger partial charge on any atom is 0.122 e. The number of nitrogen functional groups attached to an aromatic ring is 1. The van der Waals surface area contributed by atoms with Crippen molar-refractivity contribution >= 4 is 27.5 Å². The molecule has 1 saturated heterocycles. The fourth-order valence-electron chi connectivity index (χ4n) is 2.77. The van der Waals surface area contributed by atoms with E-state index in [1.807, 2.05) is 12.1 Å². The van der Waals surface area contributed by atoms with Crippen LogP contribution in [0.25, 0.3) is 0 Å². The molecule has 0 unspecified atom stereocenters. The van der Waals surface area contributed by atoms with Gasteiger partial charge in [-0.05, 0) is 52.9 Å². The summed E-state index contributed by atoms with van der Waals surface area (Å²) in [5.74, 6) is 1.09. The molecule has 3 rings (SSSR count). The molecule has 1 aromatic carbocycles. The average Bonchev–Trinajstić information content (AvgIpc) is 3.24. The van der Waals surface area contributed by atoms with Gasteiger partial charge in [0.2, 0.25) is 0 Å². The van der Waals surface area contributed by atoms with Crippen LogP contribution in [0.5, 0.6) is 0 Å². The zero-order chi connectivity index (χ0) is 14.1. The molecule has 5 heteroatoms. The molecule has 1 heterocycles. The van der Waals surface area contributed by atoms with E-state index in [1.165, 1.54) is 25.1 Å². The molecule has 2 fully saturated rings. The summed E-state index contributed by atoms with van der Waals surface area (Å²) in [7, 11) is 0. The van der Waals surface area contributed by atoms with Crippen LogP contribution in [0.2, 0.25) is 0 Å². The van der Waals surface area contributed by atoms with Crippen LogP contribution in [-0.2, 0) is 0 Å². The largest absolute Gasteiger partial charge is 0.384 e. The number of nitrogens with two attached hydrogens (primary N) is 1. The number of rotatable bonds is 4. The smallest absolute Gasteiger partial charge is 0.122 e. The molecule has 20 heavy (non-hydrogen) atoms.